The zero-order valence-electron chi connectivity index (χ0n) is 16.2. The third kappa shape index (κ3) is 4.16. The summed E-state index contributed by atoms with van der Waals surface area (Å²) in [5, 5.41) is 1.27. The lowest BCUT2D eigenvalue weighted by molar-refractivity contribution is 0.0632. The van der Waals surface area contributed by atoms with Gasteiger partial charge in [0.25, 0.3) is 5.91 Å². The van der Waals surface area contributed by atoms with Gasteiger partial charge in [0.05, 0.1) is 10.7 Å². The fraction of sp³-hybridized carbons (Fsp3) is 0.818. The molecule has 0 bridgehead atoms. The minimum atomic E-state index is 0.298. The zero-order chi connectivity index (χ0) is 17.8. The minimum absolute atomic E-state index is 0.298. The van der Waals surface area contributed by atoms with Crippen LogP contribution in [0.4, 0.5) is 0 Å². The fourth-order valence-corrected chi connectivity index (χ4v) is 6.37. The van der Waals surface area contributed by atoms with Crippen molar-refractivity contribution in [2.24, 2.45) is 0 Å². The summed E-state index contributed by atoms with van der Waals surface area (Å²) in [4.78, 5) is 21.4. The summed E-state index contributed by atoms with van der Waals surface area (Å²) in [6.07, 6.45) is 19.4. The summed E-state index contributed by atoms with van der Waals surface area (Å²) in [5.74, 6) is 0.903. The predicted octanol–water partition coefficient (Wildman–Crippen LogP) is 6.08. The molecule has 144 valence electrons. The second-order valence-corrected chi connectivity index (χ2v) is 9.65. The first kappa shape index (κ1) is 18.5. The Morgan fingerprint density at radius 2 is 1.38 bits per heavy atom. The largest absolute Gasteiger partial charge is 0.335 e. The number of hydrogen-bond acceptors (Lipinski definition) is 3. The average Bonchev–Trinajstić information content (AvgIpc) is 3.00. The Labute approximate surface area is 162 Å². The second-order valence-electron chi connectivity index (χ2n) is 8.62. The van der Waals surface area contributed by atoms with Crippen LogP contribution in [0.25, 0.3) is 0 Å². The number of amides is 1. The maximum absolute atomic E-state index is 13.2. The molecule has 1 aromatic rings. The van der Waals surface area contributed by atoms with Crippen molar-refractivity contribution in [1.29, 1.82) is 0 Å². The van der Waals surface area contributed by atoms with Crippen molar-refractivity contribution < 1.29 is 4.79 Å². The molecule has 0 saturated heterocycles. The van der Waals surface area contributed by atoms with Crippen molar-refractivity contribution in [3.8, 4) is 0 Å². The summed E-state index contributed by atoms with van der Waals surface area (Å²) < 4.78 is 0. The molecule has 1 amide bonds. The van der Waals surface area contributed by atoms with E-state index in [1.807, 2.05) is 0 Å². The van der Waals surface area contributed by atoms with E-state index in [1.54, 1.807) is 11.3 Å². The topological polar surface area (TPSA) is 33.2 Å². The molecule has 26 heavy (non-hydrogen) atoms. The maximum atomic E-state index is 13.2. The van der Waals surface area contributed by atoms with E-state index in [4.69, 9.17) is 4.98 Å². The summed E-state index contributed by atoms with van der Waals surface area (Å²) >= 11 is 1.74. The summed E-state index contributed by atoms with van der Waals surface area (Å²) in [6, 6.07) is 0.475. The quantitative estimate of drug-likeness (QED) is 0.628. The van der Waals surface area contributed by atoms with Gasteiger partial charge in [0.1, 0.15) is 4.88 Å². The van der Waals surface area contributed by atoms with Crippen LogP contribution < -0.4 is 0 Å². The highest BCUT2D eigenvalue weighted by Crippen LogP contribution is 2.37. The molecule has 1 aliphatic heterocycles. The molecule has 0 radical (unpaired) electrons. The summed E-state index contributed by atoms with van der Waals surface area (Å²) in [7, 11) is 0. The average molecular weight is 375 g/mol. The normalized spacial score (nSPS) is 24.5. The molecule has 3 aliphatic rings. The maximum Gasteiger partial charge on any atom is 0.266 e. The Bertz CT molecular complexity index is 595. The zero-order valence-corrected chi connectivity index (χ0v) is 17.0. The van der Waals surface area contributed by atoms with Gasteiger partial charge in [-0.05, 0) is 25.7 Å². The highest BCUT2D eigenvalue weighted by molar-refractivity contribution is 7.13. The number of carbonyl (C=O) groups is 1. The molecule has 3 nitrogen and oxygen atoms in total. The van der Waals surface area contributed by atoms with E-state index in [2.05, 4.69) is 4.90 Å². The first-order chi connectivity index (χ1) is 12.8. The first-order valence-electron chi connectivity index (χ1n) is 11.1. The number of carbonyl (C=O) groups excluding carboxylic acids is 1. The van der Waals surface area contributed by atoms with E-state index in [0.29, 0.717) is 17.9 Å². The lowest BCUT2D eigenvalue weighted by Crippen LogP contribution is -2.44. The van der Waals surface area contributed by atoms with E-state index in [0.717, 1.165) is 23.5 Å². The van der Waals surface area contributed by atoms with E-state index in [-0.39, 0.29) is 0 Å². The smallest absolute Gasteiger partial charge is 0.266 e. The second kappa shape index (κ2) is 8.86. The molecule has 2 saturated carbocycles. The van der Waals surface area contributed by atoms with Crippen LogP contribution in [-0.4, -0.2) is 28.4 Å². The van der Waals surface area contributed by atoms with Gasteiger partial charge in [0.15, 0.2) is 0 Å². The van der Waals surface area contributed by atoms with E-state index >= 15 is 0 Å². The van der Waals surface area contributed by atoms with Crippen LogP contribution in [-0.2, 0) is 6.42 Å². The molecule has 0 N–H and O–H groups in total. The van der Waals surface area contributed by atoms with Crippen LogP contribution in [0.5, 0.6) is 0 Å². The molecule has 1 aromatic heterocycles. The van der Waals surface area contributed by atoms with Crippen molar-refractivity contribution in [2.75, 3.05) is 6.54 Å². The van der Waals surface area contributed by atoms with Crippen LogP contribution in [0.3, 0.4) is 0 Å². The molecular weight excluding hydrogens is 340 g/mol. The predicted molar refractivity (Wildman–Crippen MR) is 108 cm³/mol. The molecule has 0 unspecified atom stereocenters. The number of fused-ring (bicyclic) bond motifs is 1. The lowest BCUT2D eigenvalue weighted by atomic mass is 9.91. The van der Waals surface area contributed by atoms with Crippen molar-refractivity contribution in [3.63, 3.8) is 0 Å². The minimum Gasteiger partial charge on any atom is -0.335 e. The van der Waals surface area contributed by atoms with Gasteiger partial charge in [0, 0.05) is 24.9 Å². The number of thiazole rings is 1. The summed E-state index contributed by atoms with van der Waals surface area (Å²) in [5.41, 5.74) is 1.11. The number of rotatable bonds is 2. The number of hydrogen-bond donors (Lipinski definition) is 0. The Hall–Kier alpha value is -0.900. The van der Waals surface area contributed by atoms with Gasteiger partial charge in [-0.15, -0.1) is 11.3 Å². The van der Waals surface area contributed by atoms with Crippen LogP contribution in [0.15, 0.2) is 0 Å². The van der Waals surface area contributed by atoms with Crippen molar-refractivity contribution in [3.05, 3.63) is 15.6 Å². The van der Waals surface area contributed by atoms with Gasteiger partial charge in [0.2, 0.25) is 0 Å². The van der Waals surface area contributed by atoms with Crippen LogP contribution >= 0.6 is 11.3 Å². The Balaban J connectivity index is 1.48. The van der Waals surface area contributed by atoms with Gasteiger partial charge in [-0.1, -0.05) is 64.2 Å². The molecule has 0 spiro atoms. The molecule has 4 heteroatoms. The van der Waals surface area contributed by atoms with Gasteiger partial charge >= 0.3 is 0 Å². The summed E-state index contributed by atoms with van der Waals surface area (Å²) in [6.45, 7) is 0.893. The van der Waals surface area contributed by atoms with E-state index in [9.17, 15) is 4.79 Å². The van der Waals surface area contributed by atoms with Crippen LogP contribution in [0.1, 0.15) is 116 Å². The standard InChI is InChI=1S/C22H34N2OS/c25-22-20-19(15-16-24(22)18-13-9-5-2-6-10-14-18)23-21(26-20)17-11-7-3-1-4-8-12-17/h17-18H,1-16H2. The van der Waals surface area contributed by atoms with Gasteiger partial charge < -0.3 is 4.90 Å². The Kier molecular flexibility index (Phi) is 6.29. The third-order valence-corrected chi connectivity index (χ3v) is 7.98. The SMILES string of the molecule is O=C1c2sc(C3CCCCCCC3)nc2CCN1C1CCCCCCC1. The fourth-order valence-electron chi connectivity index (χ4n) is 5.14. The highest BCUT2D eigenvalue weighted by Gasteiger charge is 2.33. The Morgan fingerprint density at radius 3 is 2.04 bits per heavy atom. The molecule has 2 heterocycles. The van der Waals surface area contributed by atoms with Gasteiger partial charge in [-0.2, -0.15) is 0 Å². The van der Waals surface area contributed by atoms with Gasteiger partial charge in [-0.25, -0.2) is 4.98 Å². The van der Waals surface area contributed by atoms with E-state index < -0.39 is 0 Å². The van der Waals surface area contributed by atoms with E-state index in [1.165, 1.54) is 94.9 Å². The molecule has 0 aromatic carbocycles. The third-order valence-electron chi connectivity index (χ3n) is 6.73. The number of aromatic nitrogens is 1. The first-order valence-corrected chi connectivity index (χ1v) is 11.9. The van der Waals surface area contributed by atoms with Crippen LogP contribution in [0.2, 0.25) is 0 Å². The molecule has 2 fully saturated rings. The number of nitrogens with zero attached hydrogens (tertiary/aromatic N) is 2. The molecule has 4 rings (SSSR count). The van der Waals surface area contributed by atoms with Crippen molar-refractivity contribution >= 4 is 17.2 Å². The molecule has 0 atom stereocenters. The molecular formula is C22H34N2OS. The van der Waals surface area contributed by atoms with Gasteiger partial charge in [-0.3, -0.25) is 4.79 Å². The van der Waals surface area contributed by atoms with Crippen LogP contribution in [0, 0.1) is 0 Å². The van der Waals surface area contributed by atoms with Crippen molar-refractivity contribution in [2.45, 2.75) is 108 Å². The highest BCUT2D eigenvalue weighted by atomic mass is 32.1. The lowest BCUT2D eigenvalue weighted by Gasteiger charge is -2.35. The Morgan fingerprint density at radius 1 is 0.808 bits per heavy atom. The molecule has 2 aliphatic carbocycles. The monoisotopic (exact) mass is 374 g/mol. The van der Waals surface area contributed by atoms with Crippen molar-refractivity contribution in [1.82, 2.24) is 9.88 Å².